The van der Waals surface area contributed by atoms with Gasteiger partial charge < -0.3 is 14.2 Å². The van der Waals surface area contributed by atoms with Crippen molar-refractivity contribution in [1.29, 1.82) is 0 Å². The van der Waals surface area contributed by atoms with Crippen molar-refractivity contribution in [2.75, 3.05) is 33.3 Å². The molecule has 0 atom stereocenters. The Morgan fingerprint density at radius 3 is 2.59 bits per heavy atom. The molecule has 0 unspecified atom stereocenters. The van der Waals surface area contributed by atoms with Crippen LogP contribution in [0.25, 0.3) is 22.4 Å². The molecule has 0 spiro atoms. The van der Waals surface area contributed by atoms with E-state index in [1.165, 1.54) is 5.56 Å². The molecule has 9 nitrogen and oxygen atoms in total. The van der Waals surface area contributed by atoms with Gasteiger partial charge in [-0.25, -0.2) is 4.98 Å². The van der Waals surface area contributed by atoms with Gasteiger partial charge >= 0.3 is 0 Å². The Hall–Kier alpha value is -3.72. The summed E-state index contributed by atoms with van der Waals surface area (Å²) >= 11 is 0. The summed E-state index contributed by atoms with van der Waals surface area (Å²) in [5, 5.41) is 9.10. The summed E-state index contributed by atoms with van der Waals surface area (Å²) < 4.78 is 12.6. The molecule has 5 rings (SSSR count). The van der Waals surface area contributed by atoms with Crippen LogP contribution in [0.2, 0.25) is 0 Å². The molecule has 4 aromatic rings. The highest BCUT2D eigenvalue weighted by atomic mass is 16.5. The molecule has 0 saturated carbocycles. The van der Waals surface area contributed by atoms with E-state index in [-0.39, 0.29) is 5.91 Å². The molecule has 1 fully saturated rings. The van der Waals surface area contributed by atoms with E-state index in [0.29, 0.717) is 41.1 Å². The fraction of sp³-hybridized carbons (Fsp3) is 0.360. The van der Waals surface area contributed by atoms with Gasteiger partial charge in [-0.05, 0) is 44.2 Å². The highest BCUT2D eigenvalue weighted by Crippen LogP contribution is 2.29. The van der Waals surface area contributed by atoms with Gasteiger partial charge in [0.2, 0.25) is 0 Å². The molecule has 9 heteroatoms. The van der Waals surface area contributed by atoms with E-state index in [1.807, 2.05) is 53.0 Å². The van der Waals surface area contributed by atoms with Crippen LogP contribution in [0.3, 0.4) is 0 Å². The number of ether oxygens (including phenoxy) is 1. The van der Waals surface area contributed by atoms with Gasteiger partial charge in [-0.1, -0.05) is 5.16 Å². The Bertz CT molecular complexity index is 1300. The van der Waals surface area contributed by atoms with E-state index < -0.39 is 0 Å². The first-order valence-corrected chi connectivity index (χ1v) is 11.5. The largest absolute Gasteiger partial charge is 0.497 e. The molecule has 1 aliphatic rings. The van der Waals surface area contributed by atoms with Crippen molar-refractivity contribution in [3.63, 3.8) is 0 Å². The van der Waals surface area contributed by atoms with Crippen molar-refractivity contribution in [2.24, 2.45) is 0 Å². The maximum atomic E-state index is 13.6. The topological polar surface area (TPSA) is 89.5 Å². The standard InChI is InChI=1S/C25H28N6O3/c1-4-31-16-18(14-26-31)15-29-9-11-30(12-10-29)25(32)21-13-22(19-5-7-20(33-3)8-6-19)27-24-23(21)17(2)28-34-24/h5-8,13-14,16H,4,9-12,15H2,1-3H3. The highest BCUT2D eigenvalue weighted by molar-refractivity contribution is 6.07. The second kappa shape index (κ2) is 9.26. The molecule has 176 valence electrons. The number of aromatic nitrogens is 4. The Morgan fingerprint density at radius 1 is 1.15 bits per heavy atom. The zero-order valence-corrected chi connectivity index (χ0v) is 19.7. The van der Waals surface area contributed by atoms with Crippen molar-refractivity contribution < 1.29 is 14.1 Å². The lowest BCUT2D eigenvalue weighted by Crippen LogP contribution is -2.48. The number of carbonyl (C=O) groups excluding carboxylic acids is 1. The van der Waals surface area contributed by atoms with Gasteiger partial charge in [-0.2, -0.15) is 5.10 Å². The molecule has 34 heavy (non-hydrogen) atoms. The van der Waals surface area contributed by atoms with Gasteiger partial charge in [-0.15, -0.1) is 0 Å². The van der Waals surface area contributed by atoms with Gasteiger partial charge in [0.05, 0.1) is 35.6 Å². The van der Waals surface area contributed by atoms with Crippen LogP contribution in [-0.4, -0.2) is 68.9 Å². The van der Waals surface area contributed by atoms with Gasteiger partial charge in [0.25, 0.3) is 11.6 Å². The lowest BCUT2D eigenvalue weighted by atomic mass is 10.0. The third-order valence-electron chi connectivity index (χ3n) is 6.31. The van der Waals surface area contributed by atoms with Crippen molar-refractivity contribution in [2.45, 2.75) is 26.9 Å². The minimum absolute atomic E-state index is 0.0214. The Balaban J connectivity index is 1.36. The second-order valence-corrected chi connectivity index (χ2v) is 8.50. The van der Waals surface area contributed by atoms with Gasteiger partial charge in [0.15, 0.2) is 0 Å². The summed E-state index contributed by atoms with van der Waals surface area (Å²) in [6, 6.07) is 9.44. The summed E-state index contributed by atoms with van der Waals surface area (Å²) in [5.41, 5.74) is 4.36. The Kier molecular flexibility index (Phi) is 6.02. The number of carbonyl (C=O) groups is 1. The van der Waals surface area contributed by atoms with E-state index in [0.717, 1.165) is 37.5 Å². The molecular formula is C25H28N6O3. The van der Waals surface area contributed by atoms with Crippen LogP contribution in [0, 0.1) is 6.92 Å². The third kappa shape index (κ3) is 4.26. The maximum absolute atomic E-state index is 13.6. The summed E-state index contributed by atoms with van der Waals surface area (Å²) in [6.07, 6.45) is 4.00. The summed E-state index contributed by atoms with van der Waals surface area (Å²) in [6.45, 7) is 8.56. The van der Waals surface area contributed by atoms with E-state index in [4.69, 9.17) is 9.26 Å². The Morgan fingerprint density at radius 2 is 1.91 bits per heavy atom. The molecule has 0 aliphatic carbocycles. The Labute approximate surface area is 197 Å². The van der Waals surface area contributed by atoms with Crippen LogP contribution in [0.4, 0.5) is 0 Å². The number of amides is 1. The fourth-order valence-electron chi connectivity index (χ4n) is 4.37. The summed E-state index contributed by atoms with van der Waals surface area (Å²) in [4.78, 5) is 22.5. The van der Waals surface area contributed by atoms with Gasteiger partial charge in [0.1, 0.15) is 5.75 Å². The average molecular weight is 461 g/mol. The first-order valence-electron chi connectivity index (χ1n) is 11.5. The molecule has 1 saturated heterocycles. The number of benzene rings is 1. The van der Waals surface area contributed by atoms with E-state index in [2.05, 4.69) is 33.3 Å². The zero-order chi connectivity index (χ0) is 23.7. The van der Waals surface area contributed by atoms with Crippen molar-refractivity contribution in [1.82, 2.24) is 29.7 Å². The number of pyridine rings is 1. The minimum atomic E-state index is -0.0214. The second-order valence-electron chi connectivity index (χ2n) is 8.50. The minimum Gasteiger partial charge on any atom is -0.497 e. The van der Waals surface area contributed by atoms with Crippen LogP contribution >= 0.6 is 0 Å². The molecule has 1 amide bonds. The predicted molar refractivity (Wildman–Crippen MR) is 128 cm³/mol. The zero-order valence-electron chi connectivity index (χ0n) is 19.7. The normalized spacial score (nSPS) is 14.6. The molecule has 3 aromatic heterocycles. The number of fused-ring (bicyclic) bond motifs is 1. The highest BCUT2D eigenvalue weighted by Gasteiger charge is 2.26. The van der Waals surface area contributed by atoms with Crippen LogP contribution < -0.4 is 4.74 Å². The monoisotopic (exact) mass is 460 g/mol. The van der Waals surface area contributed by atoms with Crippen LogP contribution in [-0.2, 0) is 13.1 Å². The van der Waals surface area contributed by atoms with E-state index >= 15 is 0 Å². The van der Waals surface area contributed by atoms with E-state index in [1.54, 1.807) is 7.11 Å². The lowest BCUT2D eigenvalue weighted by molar-refractivity contribution is 0.0630. The number of aryl methyl sites for hydroxylation is 2. The number of piperazine rings is 1. The van der Waals surface area contributed by atoms with Crippen molar-refractivity contribution >= 4 is 17.0 Å². The molecule has 1 aromatic carbocycles. The quantitative estimate of drug-likeness (QED) is 0.436. The molecule has 4 heterocycles. The molecule has 0 radical (unpaired) electrons. The number of hydrogen-bond donors (Lipinski definition) is 0. The lowest BCUT2D eigenvalue weighted by Gasteiger charge is -2.34. The number of hydrogen-bond acceptors (Lipinski definition) is 7. The molecule has 0 N–H and O–H groups in total. The van der Waals surface area contributed by atoms with Crippen LogP contribution in [0.15, 0.2) is 47.2 Å². The number of nitrogens with zero attached hydrogens (tertiary/aromatic N) is 6. The molecular weight excluding hydrogens is 432 g/mol. The molecule has 0 bridgehead atoms. The smallest absolute Gasteiger partial charge is 0.259 e. The SMILES string of the molecule is CCn1cc(CN2CCN(C(=O)c3cc(-c4ccc(OC)cc4)nc4onc(C)c34)CC2)cn1. The average Bonchev–Trinajstić information content (AvgIpc) is 3.50. The molecule has 1 aliphatic heterocycles. The first-order chi connectivity index (χ1) is 16.6. The maximum Gasteiger partial charge on any atom is 0.259 e. The van der Waals surface area contributed by atoms with Crippen molar-refractivity contribution in [3.8, 4) is 17.0 Å². The predicted octanol–water partition coefficient (Wildman–Crippen LogP) is 3.38. The number of methoxy groups -OCH3 is 1. The number of rotatable bonds is 6. The van der Waals surface area contributed by atoms with E-state index in [9.17, 15) is 4.79 Å². The van der Waals surface area contributed by atoms with Crippen LogP contribution in [0.1, 0.15) is 28.5 Å². The summed E-state index contributed by atoms with van der Waals surface area (Å²) in [7, 11) is 1.63. The fourth-order valence-corrected chi connectivity index (χ4v) is 4.37. The van der Waals surface area contributed by atoms with Crippen molar-refractivity contribution in [3.05, 3.63) is 59.5 Å². The first kappa shape index (κ1) is 22.1. The van der Waals surface area contributed by atoms with Crippen LogP contribution in [0.5, 0.6) is 5.75 Å². The third-order valence-corrected chi connectivity index (χ3v) is 6.31. The summed E-state index contributed by atoms with van der Waals surface area (Å²) in [5.74, 6) is 0.739. The van der Waals surface area contributed by atoms with Gasteiger partial charge in [0, 0.05) is 56.6 Å². The van der Waals surface area contributed by atoms with Gasteiger partial charge in [-0.3, -0.25) is 14.4 Å².